The van der Waals surface area contributed by atoms with Gasteiger partial charge in [-0.2, -0.15) is 0 Å². The number of hydrogen-bond acceptors (Lipinski definition) is 1. The van der Waals surface area contributed by atoms with Crippen LogP contribution in [0.15, 0.2) is 91.0 Å². The minimum absolute atomic E-state index is 0.231. The highest BCUT2D eigenvalue weighted by Gasteiger charge is 2.30. The molecule has 4 aromatic rings. The van der Waals surface area contributed by atoms with Gasteiger partial charge in [0.05, 0.1) is 0 Å². The molecule has 0 aliphatic rings. The summed E-state index contributed by atoms with van der Waals surface area (Å²) in [6.07, 6.45) is -3.36. The molecule has 0 fully saturated rings. The van der Waals surface area contributed by atoms with Crippen molar-refractivity contribution in [1.82, 2.24) is 0 Å². The second-order valence-electron chi connectivity index (χ2n) is 7.23. The fourth-order valence-electron chi connectivity index (χ4n) is 3.37. The van der Waals surface area contributed by atoms with Crippen molar-refractivity contribution >= 4 is 10.8 Å². The highest BCUT2D eigenvalue weighted by atomic mass is 19.4. The lowest BCUT2D eigenvalue weighted by molar-refractivity contribution is -0.274. The molecule has 4 aromatic carbocycles. The Morgan fingerprint density at radius 2 is 1.39 bits per heavy atom. The summed E-state index contributed by atoms with van der Waals surface area (Å²) >= 11 is 0. The van der Waals surface area contributed by atoms with Crippen LogP contribution in [0.3, 0.4) is 0 Å². The van der Waals surface area contributed by atoms with Crippen molar-refractivity contribution in [1.29, 1.82) is 0 Å². The Balaban J connectivity index is 1.46. The second-order valence-corrected chi connectivity index (χ2v) is 7.23. The molecule has 0 amide bonds. The number of hydrogen-bond donors (Lipinski definition) is 0. The van der Waals surface area contributed by atoms with Crippen LogP contribution in [0.2, 0.25) is 0 Å². The first-order valence-corrected chi connectivity index (χ1v) is 9.85. The molecule has 31 heavy (non-hydrogen) atoms. The summed E-state index contributed by atoms with van der Waals surface area (Å²) in [7, 11) is 0. The molecule has 0 atom stereocenters. The number of ether oxygens (including phenoxy) is 1. The van der Waals surface area contributed by atoms with Gasteiger partial charge in [0.25, 0.3) is 0 Å². The van der Waals surface area contributed by atoms with E-state index in [1.165, 1.54) is 23.3 Å². The topological polar surface area (TPSA) is 9.23 Å². The van der Waals surface area contributed by atoms with Gasteiger partial charge >= 0.3 is 6.36 Å². The van der Waals surface area contributed by atoms with E-state index in [0.717, 1.165) is 28.3 Å². The Bertz CT molecular complexity index is 1230. The van der Waals surface area contributed by atoms with E-state index in [1.807, 2.05) is 24.3 Å². The largest absolute Gasteiger partial charge is 0.573 e. The third kappa shape index (κ3) is 5.90. The number of halogens is 3. The summed E-state index contributed by atoms with van der Waals surface area (Å²) in [6.45, 7) is 0. The summed E-state index contributed by atoms with van der Waals surface area (Å²) in [5.41, 5.74) is 4.24. The van der Waals surface area contributed by atoms with Crippen molar-refractivity contribution in [3.8, 4) is 17.6 Å². The van der Waals surface area contributed by atoms with Crippen molar-refractivity contribution in [2.24, 2.45) is 0 Å². The van der Waals surface area contributed by atoms with Crippen LogP contribution >= 0.6 is 0 Å². The van der Waals surface area contributed by atoms with E-state index in [9.17, 15) is 13.2 Å². The predicted octanol–water partition coefficient (Wildman–Crippen LogP) is 6.92. The van der Waals surface area contributed by atoms with Crippen molar-refractivity contribution in [3.05, 3.63) is 113 Å². The highest BCUT2D eigenvalue weighted by Crippen LogP contribution is 2.23. The molecule has 0 N–H and O–H groups in total. The molecule has 0 bridgehead atoms. The van der Waals surface area contributed by atoms with E-state index in [4.69, 9.17) is 0 Å². The predicted molar refractivity (Wildman–Crippen MR) is 117 cm³/mol. The third-order valence-corrected chi connectivity index (χ3v) is 4.84. The van der Waals surface area contributed by atoms with Crippen molar-refractivity contribution < 1.29 is 17.9 Å². The lowest BCUT2D eigenvalue weighted by Crippen LogP contribution is -2.16. The van der Waals surface area contributed by atoms with Crippen LogP contribution in [0.25, 0.3) is 10.8 Å². The van der Waals surface area contributed by atoms with Crippen LogP contribution in [0.1, 0.15) is 22.3 Å². The van der Waals surface area contributed by atoms with Gasteiger partial charge in [-0.1, -0.05) is 78.6 Å². The van der Waals surface area contributed by atoms with Crippen molar-refractivity contribution in [2.75, 3.05) is 0 Å². The molecule has 0 saturated heterocycles. The highest BCUT2D eigenvalue weighted by molar-refractivity contribution is 5.84. The third-order valence-electron chi connectivity index (χ3n) is 4.84. The monoisotopic (exact) mass is 416 g/mol. The summed E-state index contributed by atoms with van der Waals surface area (Å²) in [6, 6.07) is 28.7. The molecule has 4 heteroatoms. The van der Waals surface area contributed by atoms with Gasteiger partial charge < -0.3 is 4.74 Å². The number of fused-ring (bicyclic) bond motifs is 1. The Hall–Kier alpha value is -3.71. The summed E-state index contributed by atoms with van der Waals surface area (Å²) < 4.78 is 40.6. The molecular weight excluding hydrogens is 397 g/mol. The first-order chi connectivity index (χ1) is 14.9. The SMILES string of the molecule is FC(F)(F)Oc1ccc(CC#Cc2ccc3ccc(Cc4ccccc4)cc3c2)cc1. The van der Waals surface area contributed by atoms with Gasteiger partial charge in [0.2, 0.25) is 0 Å². The van der Waals surface area contributed by atoms with Crippen LogP contribution in [0, 0.1) is 11.8 Å². The molecular formula is C27H19F3O. The Morgan fingerprint density at radius 1 is 0.677 bits per heavy atom. The molecule has 4 rings (SSSR count). The average molecular weight is 416 g/mol. The molecule has 0 spiro atoms. The quantitative estimate of drug-likeness (QED) is 0.328. The number of rotatable bonds is 4. The van der Waals surface area contributed by atoms with Crippen LogP contribution in [-0.2, 0) is 12.8 Å². The zero-order chi connectivity index (χ0) is 21.7. The summed E-state index contributed by atoms with van der Waals surface area (Å²) in [4.78, 5) is 0. The molecule has 1 nitrogen and oxygen atoms in total. The molecule has 0 radical (unpaired) electrons. The first kappa shape index (κ1) is 20.6. The van der Waals surface area contributed by atoms with Gasteiger partial charge in [-0.05, 0) is 58.1 Å². The molecule has 0 heterocycles. The van der Waals surface area contributed by atoms with E-state index >= 15 is 0 Å². The van der Waals surface area contributed by atoms with Crippen molar-refractivity contribution in [2.45, 2.75) is 19.2 Å². The van der Waals surface area contributed by atoms with Crippen LogP contribution < -0.4 is 4.74 Å². The standard InChI is InChI=1S/C27H19F3O/c28-27(29,30)31-26-15-11-20(12-16-26)7-4-8-22-9-13-24-14-10-23(19-25(24)18-22)17-21-5-2-1-3-6-21/h1-3,5-6,9-16,18-19H,7,17H2. The van der Waals surface area contributed by atoms with E-state index in [-0.39, 0.29) is 5.75 Å². The Labute approximate surface area is 179 Å². The average Bonchev–Trinajstić information content (AvgIpc) is 2.74. The minimum atomic E-state index is -4.68. The van der Waals surface area contributed by atoms with Gasteiger partial charge in [0.1, 0.15) is 5.75 Å². The molecule has 0 saturated carbocycles. The lowest BCUT2D eigenvalue weighted by atomic mass is 10.00. The minimum Gasteiger partial charge on any atom is -0.406 e. The van der Waals surface area contributed by atoms with E-state index in [0.29, 0.717) is 6.42 Å². The maximum Gasteiger partial charge on any atom is 0.573 e. The molecule has 0 aromatic heterocycles. The van der Waals surface area contributed by atoms with Crippen LogP contribution in [0.5, 0.6) is 5.75 Å². The normalized spacial score (nSPS) is 11.1. The molecule has 0 aliphatic carbocycles. The number of benzene rings is 4. The van der Waals surface area contributed by atoms with Gasteiger partial charge in [-0.3, -0.25) is 0 Å². The van der Waals surface area contributed by atoms with Crippen LogP contribution in [-0.4, -0.2) is 6.36 Å². The Kier molecular flexibility index (Phi) is 5.95. The van der Waals surface area contributed by atoms with Gasteiger partial charge in [0.15, 0.2) is 0 Å². The molecule has 154 valence electrons. The van der Waals surface area contributed by atoms with Crippen LogP contribution in [0.4, 0.5) is 13.2 Å². The first-order valence-electron chi connectivity index (χ1n) is 9.85. The fraction of sp³-hybridized carbons (Fsp3) is 0.111. The molecule has 0 aliphatic heterocycles. The zero-order valence-corrected chi connectivity index (χ0v) is 16.6. The summed E-state index contributed by atoms with van der Waals surface area (Å²) in [5.74, 6) is 6.01. The Morgan fingerprint density at radius 3 is 2.13 bits per heavy atom. The van der Waals surface area contributed by atoms with E-state index in [2.05, 4.69) is 59.0 Å². The maximum absolute atomic E-state index is 12.2. The van der Waals surface area contributed by atoms with Crippen molar-refractivity contribution in [3.63, 3.8) is 0 Å². The molecule has 0 unspecified atom stereocenters. The van der Waals surface area contributed by atoms with Gasteiger partial charge in [0, 0.05) is 12.0 Å². The smallest absolute Gasteiger partial charge is 0.406 e. The second kappa shape index (κ2) is 8.97. The zero-order valence-electron chi connectivity index (χ0n) is 16.6. The maximum atomic E-state index is 12.2. The van der Waals surface area contributed by atoms with E-state index < -0.39 is 6.36 Å². The summed E-state index contributed by atoms with van der Waals surface area (Å²) in [5, 5.41) is 2.29. The lowest BCUT2D eigenvalue weighted by Gasteiger charge is -2.08. The fourth-order valence-corrected chi connectivity index (χ4v) is 3.37. The van der Waals surface area contributed by atoms with Gasteiger partial charge in [-0.15, -0.1) is 13.2 Å². The number of alkyl halides is 3. The van der Waals surface area contributed by atoms with Gasteiger partial charge in [-0.25, -0.2) is 0 Å². The van der Waals surface area contributed by atoms with E-state index in [1.54, 1.807) is 12.1 Å².